The Morgan fingerprint density at radius 2 is 2.28 bits per heavy atom. The summed E-state index contributed by atoms with van der Waals surface area (Å²) in [4.78, 5) is 18.5. The Morgan fingerprint density at radius 3 is 2.92 bits per heavy atom. The van der Waals surface area contributed by atoms with E-state index in [9.17, 15) is 18.0 Å². The van der Waals surface area contributed by atoms with Gasteiger partial charge in [0.2, 0.25) is 5.89 Å². The van der Waals surface area contributed by atoms with Crippen LogP contribution in [0.2, 0.25) is 0 Å². The van der Waals surface area contributed by atoms with Crippen LogP contribution >= 0.6 is 0 Å². The zero-order chi connectivity index (χ0) is 17.8. The molecule has 0 radical (unpaired) electrons. The summed E-state index contributed by atoms with van der Waals surface area (Å²) in [6, 6.07) is 0.750. The lowest BCUT2D eigenvalue weighted by Crippen LogP contribution is -2.35. The van der Waals surface area contributed by atoms with Gasteiger partial charge in [0.1, 0.15) is 5.69 Å². The number of nitrogens with one attached hydrogen (secondary N) is 1. The maximum atomic E-state index is 12.7. The minimum Gasteiger partial charge on any atom is -0.339 e. The van der Waals surface area contributed by atoms with E-state index >= 15 is 0 Å². The molecule has 2 fully saturated rings. The third-order valence-electron chi connectivity index (χ3n) is 5.21. The van der Waals surface area contributed by atoms with Gasteiger partial charge in [-0.05, 0) is 25.7 Å². The van der Waals surface area contributed by atoms with E-state index in [-0.39, 0.29) is 11.6 Å². The molecule has 7 nitrogen and oxygen atoms in total. The third-order valence-corrected chi connectivity index (χ3v) is 5.21. The molecule has 0 bridgehead atoms. The van der Waals surface area contributed by atoms with Crippen molar-refractivity contribution in [3.8, 4) is 0 Å². The van der Waals surface area contributed by atoms with E-state index in [2.05, 4.69) is 15.2 Å². The number of hydrogen-bond acceptors (Lipinski definition) is 5. The molecule has 134 valence electrons. The molecule has 4 rings (SSSR count). The number of aromatic nitrogens is 4. The van der Waals surface area contributed by atoms with Crippen LogP contribution in [0, 0.1) is 12.8 Å². The molecule has 0 spiro atoms. The molecule has 1 saturated heterocycles. The molecule has 2 aromatic heterocycles. The third kappa shape index (κ3) is 2.50. The zero-order valence-electron chi connectivity index (χ0n) is 13.4. The second-order valence-electron chi connectivity index (χ2n) is 6.74. The number of rotatable bonds is 2. The first kappa shape index (κ1) is 16.1. The number of halogens is 3. The number of alkyl halides is 3. The topological polar surface area (TPSA) is 87.9 Å². The van der Waals surface area contributed by atoms with E-state index in [1.165, 1.54) is 0 Å². The normalized spacial score (nSPS) is 26.2. The number of carbonyl (C=O) groups is 1. The van der Waals surface area contributed by atoms with Crippen LogP contribution in [-0.2, 0) is 11.6 Å². The summed E-state index contributed by atoms with van der Waals surface area (Å²) < 4.78 is 43.4. The van der Waals surface area contributed by atoms with E-state index in [1.54, 1.807) is 11.8 Å². The van der Waals surface area contributed by atoms with Gasteiger partial charge in [-0.1, -0.05) is 11.6 Å². The Hall–Kier alpha value is -2.39. The van der Waals surface area contributed by atoms with Gasteiger partial charge in [-0.25, -0.2) is 0 Å². The first-order chi connectivity index (χ1) is 11.8. The van der Waals surface area contributed by atoms with Crippen molar-refractivity contribution in [2.24, 2.45) is 5.92 Å². The summed E-state index contributed by atoms with van der Waals surface area (Å²) in [7, 11) is 0. The Bertz CT molecular complexity index is 814. The fourth-order valence-electron chi connectivity index (χ4n) is 4.03. The lowest BCUT2D eigenvalue weighted by molar-refractivity contribution is -0.141. The average Bonchev–Trinajstić information content (AvgIpc) is 3.27. The number of carbonyl (C=O) groups excluding carboxylic acids is 1. The Balaban J connectivity index is 1.59. The molecule has 2 atom stereocenters. The maximum absolute atomic E-state index is 12.7. The van der Waals surface area contributed by atoms with Crippen molar-refractivity contribution in [1.29, 1.82) is 0 Å². The first-order valence-corrected chi connectivity index (χ1v) is 8.02. The molecule has 2 aliphatic rings. The van der Waals surface area contributed by atoms with Crippen LogP contribution in [0.15, 0.2) is 10.6 Å². The van der Waals surface area contributed by atoms with E-state index in [1.807, 2.05) is 5.10 Å². The minimum atomic E-state index is -4.56. The van der Waals surface area contributed by atoms with Gasteiger partial charge >= 0.3 is 6.18 Å². The van der Waals surface area contributed by atoms with Crippen molar-refractivity contribution < 1.29 is 22.5 Å². The summed E-state index contributed by atoms with van der Waals surface area (Å²) in [6.07, 6.45) is -1.83. The monoisotopic (exact) mass is 355 g/mol. The lowest BCUT2D eigenvalue weighted by atomic mass is 9.80. The number of nitrogens with zero attached hydrogens (tertiary/aromatic N) is 4. The van der Waals surface area contributed by atoms with Gasteiger partial charge in [0, 0.05) is 19.2 Å². The number of H-pyrrole nitrogens is 1. The quantitative estimate of drug-likeness (QED) is 0.893. The highest BCUT2D eigenvalue weighted by Gasteiger charge is 2.55. The largest absolute Gasteiger partial charge is 0.432 e. The van der Waals surface area contributed by atoms with Gasteiger partial charge < -0.3 is 9.42 Å². The average molecular weight is 355 g/mol. The van der Waals surface area contributed by atoms with Crippen LogP contribution in [-0.4, -0.2) is 44.2 Å². The van der Waals surface area contributed by atoms with E-state index in [0.717, 1.165) is 25.3 Å². The van der Waals surface area contributed by atoms with Crippen LogP contribution in [0.3, 0.4) is 0 Å². The molecule has 1 N–H and O–H groups in total. The smallest absolute Gasteiger partial charge is 0.339 e. The first-order valence-electron chi connectivity index (χ1n) is 8.02. The molecule has 0 unspecified atom stereocenters. The molecule has 25 heavy (non-hydrogen) atoms. The van der Waals surface area contributed by atoms with Gasteiger partial charge in [-0.3, -0.25) is 9.89 Å². The highest BCUT2D eigenvalue weighted by atomic mass is 19.4. The minimum absolute atomic E-state index is 0.164. The van der Waals surface area contributed by atoms with E-state index in [4.69, 9.17) is 4.52 Å². The van der Waals surface area contributed by atoms with E-state index < -0.39 is 23.2 Å². The van der Waals surface area contributed by atoms with Crippen molar-refractivity contribution >= 4 is 5.91 Å². The van der Waals surface area contributed by atoms with E-state index in [0.29, 0.717) is 24.8 Å². The van der Waals surface area contributed by atoms with Gasteiger partial charge in [-0.15, -0.1) is 0 Å². The molecule has 3 heterocycles. The molecule has 2 aromatic rings. The fraction of sp³-hybridized carbons (Fsp3) is 0.600. The van der Waals surface area contributed by atoms with Gasteiger partial charge in [0.15, 0.2) is 11.5 Å². The molecule has 1 amide bonds. The lowest BCUT2D eigenvalue weighted by Gasteiger charge is -2.23. The molecule has 1 aliphatic heterocycles. The number of hydrogen-bond donors (Lipinski definition) is 1. The second-order valence-corrected chi connectivity index (χ2v) is 6.74. The number of fused-ring (bicyclic) bond motifs is 1. The highest BCUT2D eigenvalue weighted by molar-refractivity contribution is 5.92. The number of amides is 1. The summed E-state index contributed by atoms with van der Waals surface area (Å²) in [5.41, 5.74) is -1.67. The van der Waals surface area contributed by atoms with Crippen molar-refractivity contribution in [3.05, 3.63) is 29.2 Å². The van der Waals surface area contributed by atoms with Crippen LogP contribution in [0.25, 0.3) is 0 Å². The number of likely N-dealkylation sites (tertiary alicyclic amines) is 1. The highest BCUT2D eigenvalue weighted by Crippen LogP contribution is 2.50. The van der Waals surface area contributed by atoms with Gasteiger partial charge in [0.25, 0.3) is 5.91 Å². The summed E-state index contributed by atoms with van der Waals surface area (Å²) in [6.45, 7) is 2.54. The molecule has 10 heteroatoms. The van der Waals surface area contributed by atoms with Crippen molar-refractivity contribution in [1.82, 2.24) is 25.2 Å². The van der Waals surface area contributed by atoms with Crippen molar-refractivity contribution in [2.75, 3.05) is 13.1 Å². The predicted molar refractivity (Wildman–Crippen MR) is 77.5 cm³/mol. The Kier molecular flexibility index (Phi) is 3.41. The summed E-state index contributed by atoms with van der Waals surface area (Å²) in [5, 5.41) is 9.26. The summed E-state index contributed by atoms with van der Waals surface area (Å²) >= 11 is 0. The number of aromatic amines is 1. The van der Waals surface area contributed by atoms with Gasteiger partial charge in [-0.2, -0.15) is 23.3 Å². The number of aryl methyl sites for hydroxylation is 1. The molecular formula is C15H16F3N5O2. The van der Waals surface area contributed by atoms with Crippen LogP contribution in [0.4, 0.5) is 13.2 Å². The van der Waals surface area contributed by atoms with Crippen LogP contribution < -0.4 is 0 Å². The molecule has 1 saturated carbocycles. The molecule has 0 aromatic carbocycles. The zero-order valence-corrected chi connectivity index (χ0v) is 13.4. The van der Waals surface area contributed by atoms with Crippen LogP contribution in [0.5, 0.6) is 0 Å². The van der Waals surface area contributed by atoms with Crippen LogP contribution in [0.1, 0.15) is 47.2 Å². The molecule has 1 aliphatic carbocycles. The fourth-order valence-corrected chi connectivity index (χ4v) is 4.03. The van der Waals surface area contributed by atoms with Crippen molar-refractivity contribution in [2.45, 2.75) is 37.8 Å². The maximum Gasteiger partial charge on any atom is 0.432 e. The van der Waals surface area contributed by atoms with Crippen molar-refractivity contribution in [3.63, 3.8) is 0 Å². The SMILES string of the molecule is Cc1noc([C@]23CCC[C@H]2CN(C(=O)c2cc(C(F)(F)F)[nH]n2)C3)n1. The standard InChI is InChI=1S/C15H16F3N5O2/c1-8-19-13(25-22-8)14-4-2-3-9(14)6-23(7-14)12(24)10-5-11(21-20-10)15(16,17)18/h5,9H,2-4,6-7H2,1H3,(H,20,21)/t9-,14-/m0/s1. The predicted octanol–water partition coefficient (Wildman–Crippen LogP) is 2.31. The molecular weight excluding hydrogens is 339 g/mol. The Labute approximate surface area is 140 Å². The Morgan fingerprint density at radius 1 is 1.48 bits per heavy atom. The van der Waals surface area contributed by atoms with Gasteiger partial charge in [0.05, 0.1) is 5.41 Å². The summed E-state index contributed by atoms with van der Waals surface area (Å²) in [5.74, 6) is 0.692. The second kappa shape index (κ2) is 5.30.